The molecule has 4 rings (SSSR count). The van der Waals surface area contributed by atoms with E-state index in [4.69, 9.17) is 4.42 Å². The molecule has 3 heterocycles. The van der Waals surface area contributed by atoms with Crippen LogP contribution in [0.5, 0.6) is 0 Å². The predicted molar refractivity (Wildman–Crippen MR) is 104 cm³/mol. The molecule has 0 aliphatic heterocycles. The van der Waals surface area contributed by atoms with Gasteiger partial charge in [0.2, 0.25) is 5.89 Å². The largest absolute Gasteiger partial charge is 0.501 e. The maximum atomic E-state index is 13.2. The van der Waals surface area contributed by atoms with Crippen molar-refractivity contribution in [2.45, 2.75) is 28.5 Å². The van der Waals surface area contributed by atoms with Crippen molar-refractivity contribution in [1.29, 1.82) is 0 Å². The van der Waals surface area contributed by atoms with Gasteiger partial charge < -0.3 is 4.42 Å². The van der Waals surface area contributed by atoms with E-state index in [1.54, 1.807) is 0 Å². The Bertz CT molecular complexity index is 1650. The van der Waals surface area contributed by atoms with Gasteiger partial charge in [-0.05, 0) is 30.3 Å². The van der Waals surface area contributed by atoms with Gasteiger partial charge in [-0.2, -0.15) is 26.3 Å². The zero-order valence-corrected chi connectivity index (χ0v) is 18.3. The molecule has 182 valence electrons. The van der Waals surface area contributed by atoms with Gasteiger partial charge in [0.1, 0.15) is 11.2 Å². The summed E-state index contributed by atoms with van der Waals surface area (Å²) < 4.78 is 133. The van der Waals surface area contributed by atoms with E-state index in [9.17, 15) is 43.2 Å². The lowest BCUT2D eigenvalue weighted by molar-refractivity contribution is -0.137. The molecule has 0 bridgehead atoms. The number of oxazole rings is 1. The van der Waals surface area contributed by atoms with Crippen LogP contribution in [-0.2, 0) is 25.9 Å². The number of aromatic nitrogens is 3. The summed E-state index contributed by atoms with van der Waals surface area (Å²) in [5.41, 5.74) is -7.99. The van der Waals surface area contributed by atoms with Gasteiger partial charge in [-0.1, -0.05) is 6.92 Å². The van der Waals surface area contributed by atoms with Crippen molar-refractivity contribution in [3.8, 4) is 11.6 Å². The van der Waals surface area contributed by atoms with Crippen molar-refractivity contribution in [2.24, 2.45) is 0 Å². The zero-order valence-electron chi connectivity index (χ0n) is 16.6. The fourth-order valence-corrected chi connectivity index (χ4v) is 5.00. The van der Waals surface area contributed by atoms with E-state index in [1.807, 2.05) is 0 Å². The highest BCUT2D eigenvalue weighted by molar-refractivity contribution is 7.92. The van der Waals surface area contributed by atoms with Crippen molar-refractivity contribution in [3.05, 3.63) is 42.1 Å². The van der Waals surface area contributed by atoms with Crippen LogP contribution in [-0.4, -0.2) is 42.5 Å². The van der Waals surface area contributed by atoms with Gasteiger partial charge in [-0.25, -0.2) is 26.8 Å². The standard InChI is InChI=1S/C18H11F6N3O5S2/c1-2-33(28,29)16-14(26-13-6-3-9(8-27(13)16)17(19,20)21)15-25-11-7-10(4-5-12(11)32-15)34(30,31)18(22,23)24/h3-8H,2H2,1H3. The fourth-order valence-electron chi connectivity index (χ4n) is 3.07. The van der Waals surface area contributed by atoms with E-state index >= 15 is 0 Å². The summed E-state index contributed by atoms with van der Waals surface area (Å²) >= 11 is 0. The maximum Gasteiger partial charge on any atom is 0.501 e. The molecule has 0 saturated carbocycles. The predicted octanol–water partition coefficient (Wildman–Crippen LogP) is 4.25. The Morgan fingerprint density at radius 1 is 0.971 bits per heavy atom. The minimum Gasteiger partial charge on any atom is -0.435 e. The number of sulfone groups is 2. The Kier molecular flexibility index (Phi) is 5.24. The van der Waals surface area contributed by atoms with E-state index < -0.39 is 64.2 Å². The lowest BCUT2D eigenvalue weighted by Gasteiger charge is -2.08. The van der Waals surface area contributed by atoms with Crippen LogP contribution >= 0.6 is 0 Å². The number of hydrogen-bond acceptors (Lipinski definition) is 7. The molecule has 8 nitrogen and oxygen atoms in total. The smallest absolute Gasteiger partial charge is 0.435 e. The topological polar surface area (TPSA) is 112 Å². The summed E-state index contributed by atoms with van der Waals surface area (Å²) in [6.07, 6.45) is -4.26. The van der Waals surface area contributed by atoms with Gasteiger partial charge in [0.15, 0.2) is 26.1 Å². The van der Waals surface area contributed by atoms with Crippen molar-refractivity contribution in [3.63, 3.8) is 0 Å². The monoisotopic (exact) mass is 527 g/mol. The molecular formula is C18H11F6N3O5S2. The van der Waals surface area contributed by atoms with Crippen molar-refractivity contribution in [1.82, 2.24) is 14.4 Å². The average Bonchev–Trinajstić information content (AvgIpc) is 3.32. The Hall–Kier alpha value is -3.14. The number of imidazole rings is 1. The molecule has 3 aromatic heterocycles. The van der Waals surface area contributed by atoms with E-state index in [2.05, 4.69) is 9.97 Å². The second-order valence-electron chi connectivity index (χ2n) is 6.91. The van der Waals surface area contributed by atoms with Crippen LogP contribution in [0.2, 0.25) is 0 Å². The first kappa shape index (κ1) is 24.0. The number of pyridine rings is 1. The van der Waals surface area contributed by atoms with Crippen LogP contribution in [0.1, 0.15) is 12.5 Å². The molecule has 1 aromatic carbocycles. The Morgan fingerprint density at radius 2 is 1.65 bits per heavy atom. The summed E-state index contributed by atoms with van der Waals surface area (Å²) in [7, 11) is -9.92. The van der Waals surface area contributed by atoms with Gasteiger partial charge in [0, 0.05) is 6.20 Å². The molecule has 0 spiro atoms. The van der Waals surface area contributed by atoms with E-state index in [0.29, 0.717) is 28.8 Å². The third-order valence-electron chi connectivity index (χ3n) is 4.75. The molecule has 4 aromatic rings. The van der Waals surface area contributed by atoms with Gasteiger partial charge in [-0.15, -0.1) is 0 Å². The second-order valence-corrected chi connectivity index (χ2v) is 11.0. The lowest BCUT2D eigenvalue weighted by Crippen LogP contribution is -2.23. The number of benzene rings is 1. The van der Waals surface area contributed by atoms with Gasteiger partial charge in [0.05, 0.1) is 16.2 Å². The van der Waals surface area contributed by atoms with Crippen LogP contribution < -0.4 is 0 Å². The number of hydrogen-bond donors (Lipinski definition) is 0. The summed E-state index contributed by atoms with van der Waals surface area (Å²) in [4.78, 5) is 6.71. The summed E-state index contributed by atoms with van der Waals surface area (Å²) in [6.45, 7) is 1.24. The van der Waals surface area contributed by atoms with E-state index in [-0.39, 0.29) is 16.7 Å². The number of rotatable bonds is 4. The molecule has 0 fully saturated rings. The van der Waals surface area contributed by atoms with E-state index in [0.717, 1.165) is 12.1 Å². The fraction of sp³-hybridized carbons (Fsp3) is 0.222. The molecule has 34 heavy (non-hydrogen) atoms. The molecule has 0 N–H and O–H groups in total. The van der Waals surface area contributed by atoms with Crippen molar-refractivity contribution in [2.75, 3.05) is 5.75 Å². The lowest BCUT2D eigenvalue weighted by atomic mass is 10.3. The first-order chi connectivity index (χ1) is 15.6. The van der Waals surface area contributed by atoms with Crippen LogP contribution in [0.15, 0.2) is 50.9 Å². The highest BCUT2D eigenvalue weighted by atomic mass is 32.2. The molecule has 0 aliphatic rings. The van der Waals surface area contributed by atoms with Gasteiger partial charge in [-0.3, -0.25) is 4.40 Å². The van der Waals surface area contributed by atoms with Crippen molar-refractivity contribution >= 4 is 36.4 Å². The van der Waals surface area contributed by atoms with Crippen LogP contribution in [0.3, 0.4) is 0 Å². The highest BCUT2D eigenvalue weighted by Gasteiger charge is 2.47. The minimum absolute atomic E-state index is 0.197. The van der Waals surface area contributed by atoms with Gasteiger partial charge >= 0.3 is 11.7 Å². The number of fused-ring (bicyclic) bond motifs is 2. The highest BCUT2D eigenvalue weighted by Crippen LogP contribution is 2.36. The Labute approximate surface area is 186 Å². The second kappa shape index (κ2) is 7.43. The summed E-state index contributed by atoms with van der Waals surface area (Å²) in [5, 5.41) is -0.675. The first-order valence-electron chi connectivity index (χ1n) is 9.10. The van der Waals surface area contributed by atoms with Crippen molar-refractivity contribution < 1.29 is 47.6 Å². The maximum absolute atomic E-state index is 13.2. The number of alkyl halides is 6. The first-order valence-corrected chi connectivity index (χ1v) is 12.2. The molecule has 0 atom stereocenters. The van der Waals surface area contributed by atoms with Crippen LogP contribution in [0.25, 0.3) is 28.3 Å². The number of nitrogens with zero attached hydrogens (tertiary/aromatic N) is 3. The van der Waals surface area contributed by atoms with E-state index in [1.165, 1.54) is 6.92 Å². The molecular weight excluding hydrogens is 516 g/mol. The summed E-state index contributed by atoms with van der Waals surface area (Å²) in [6, 6.07) is 3.71. The quantitative estimate of drug-likeness (QED) is 0.365. The molecule has 0 saturated heterocycles. The van der Waals surface area contributed by atoms with Crippen LogP contribution in [0.4, 0.5) is 26.3 Å². The van der Waals surface area contributed by atoms with Crippen LogP contribution in [0, 0.1) is 0 Å². The Morgan fingerprint density at radius 3 is 2.24 bits per heavy atom. The molecule has 0 amide bonds. The molecule has 0 aliphatic carbocycles. The average molecular weight is 527 g/mol. The minimum atomic E-state index is -5.70. The molecule has 0 radical (unpaired) electrons. The third-order valence-corrected chi connectivity index (χ3v) is 7.98. The van der Waals surface area contributed by atoms with Gasteiger partial charge in [0.25, 0.3) is 9.84 Å². The summed E-state index contributed by atoms with van der Waals surface area (Å²) in [5.74, 6) is -1.07. The SMILES string of the molecule is CCS(=O)(=O)c1c(-c2nc3cc(S(=O)(=O)C(F)(F)F)ccc3o2)nc2ccc(C(F)(F)F)cn12. The third kappa shape index (κ3) is 3.79. The number of halogens is 6. The normalized spacial score (nSPS) is 13.7. The molecule has 0 unspecified atom stereocenters. The molecule has 16 heteroatoms. The zero-order chi connectivity index (χ0) is 25.3. The Balaban J connectivity index is 1.98.